The SMILES string of the molecule is C1=CC(NCc2cnc(C3CC3)s2)CCC1. The molecule has 0 spiro atoms. The second kappa shape index (κ2) is 4.68. The van der Waals surface area contributed by atoms with Crippen molar-refractivity contribution in [2.75, 3.05) is 0 Å². The summed E-state index contributed by atoms with van der Waals surface area (Å²) in [5.41, 5.74) is 0. The summed E-state index contributed by atoms with van der Waals surface area (Å²) in [5.74, 6) is 0.799. The highest BCUT2D eigenvalue weighted by Gasteiger charge is 2.26. The zero-order valence-corrected chi connectivity index (χ0v) is 10.3. The predicted molar refractivity (Wildman–Crippen MR) is 67.7 cm³/mol. The molecule has 1 atom stereocenters. The molecule has 1 heterocycles. The molecule has 1 aromatic heterocycles. The lowest BCUT2D eigenvalue weighted by Gasteiger charge is -2.17. The van der Waals surface area contributed by atoms with Gasteiger partial charge in [-0.3, -0.25) is 0 Å². The van der Waals surface area contributed by atoms with E-state index in [0.717, 1.165) is 12.5 Å². The molecule has 2 aliphatic rings. The lowest BCUT2D eigenvalue weighted by molar-refractivity contribution is 0.524. The first-order valence-electron chi connectivity index (χ1n) is 6.26. The van der Waals surface area contributed by atoms with Gasteiger partial charge in [-0.1, -0.05) is 12.2 Å². The van der Waals surface area contributed by atoms with Gasteiger partial charge in [0.05, 0.1) is 5.01 Å². The molecule has 1 N–H and O–H groups in total. The number of nitrogens with zero attached hydrogens (tertiary/aromatic N) is 1. The summed E-state index contributed by atoms with van der Waals surface area (Å²) in [6.07, 6.45) is 13.2. The van der Waals surface area contributed by atoms with Gasteiger partial charge in [0, 0.05) is 29.6 Å². The summed E-state index contributed by atoms with van der Waals surface area (Å²) >= 11 is 1.89. The molecule has 0 radical (unpaired) electrons. The number of hydrogen-bond acceptors (Lipinski definition) is 3. The molecule has 0 bridgehead atoms. The molecule has 0 amide bonds. The van der Waals surface area contributed by atoms with Crippen LogP contribution in [0.25, 0.3) is 0 Å². The molecule has 16 heavy (non-hydrogen) atoms. The van der Waals surface area contributed by atoms with Crippen LogP contribution in [0.15, 0.2) is 18.3 Å². The molecule has 1 fully saturated rings. The molecule has 86 valence electrons. The third-order valence-corrected chi connectivity index (χ3v) is 4.45. The highest BCUT2D eigenvalue weighted by atomic mass is 32.1. The zero-order valence-electron chi connectivity index (χ0n) is 9.48. The van der Waals surface area contributed by atoms with E-state index >= 15 is 0 Å². The summed E-state index contributed by atoms with van der Waals surface area (Å²) in [4.78, 5) is 5.89. The van der Waals surface area contributed by atoms with Gasteiger partial charge in [-0.15, -0.1) is 11.3 Å². The van der Waals surface area contributed by atoms with E-state index in [0.29, 0.717) is 6.04 Å². The Bertz CT molecular complexity index is 379. The van der Waals surface area contributed by atoms with Crippen LogP contribution in [0.1, 0.15) is 47.9 Å². The molecule has 0 aliphatic heterocycles. The van der Waals surface area contributed by atoms with Gasteiger partial charge in [-0.25, -0.2) is 4.98 Å². The Hall–Kier alpha value is -0.670. The average Bonchev–Trinajstić information content (AvgIpc) is 3.08. The smallest absolute Gasteiger partial charge is 0.0959 e. The van der Waals surface area contributed by atoms with Gasteiger partial charge in [0.1, 0.15) is 0 Å². The van der Waals surface area contributed by atoms with Crippen LogP contribution in [0.5, 0.6) is 0 Å². The molecule has 1 saturated carbocycles. The summed E-state index contributed by atoms with van der Waals surface area (Å²) in [5, 5.41) is 4.95. The fourth-order valence-electron chi connectivity index (χ4n) is 2.14. The summed E-state index contributed by atoms with van der Waals surface area (Å²) in [7, 11) is 0. The van der Waals surface area contributed by atoms with Crippen molar-refractivity contribution in [3.05, 3.63) is 28.2 Å². The van der Waals surface area contributed by atoms with Crippen molar-refractivity contribution in [3.63, 3.8) is 0 Å². The van der Waals surface area contributed by atoms with E-state index in [-0.39, 0.29) is 0 Å². The standard InChI is InChI=1S/C13H18N2S/c1-2-4-11(5-3-1)14-8-12-9-15-13(16-12)10-6-7-10/h2,4,9-11,14H,1,3,5-8H2. The van der Waals surface area contributed by atoms with Gasteiger partial charge < -0.3 is 5.32 Å². The number of aromatic nitrogens is 1. The van der Waals surface area contributed by atoms with Gasteiger partial charge in [-0.05, 0) is 32.1 Å². The van der Waals surface area contributed by atoms with E-state index in [4.69, 9.17) is 0 Å². The predicted octanol–water partition coefficient (Wildman–Crippen LogP) is 3.22. The molecule has 2 nitrogen and oxygen atoms in total. The number of hydrogen-bond donors (Lipinski definition) is 1. The molecule has 3 rings (SSSR count). The second-order valence-corrected chi connectivity index (χ2v) is 5.93. The Labute approximate surface area is 101 Å². The fourth-order valence-corrected chi connectivity index (χ4v) is 3.17. The highest BCUT2D eigenvalue weighted by molar-refractivity contribution is 7.11. The first-order valence-corrected chi connectivity index (χ1v) is 7.08. The Kier molecular flexibility index (Phi) is 3.06. The number of rotatable bonds is 4. The molecular formula is C13H18N2S. The van der Waals surface area contributed by atoms with Crippen molar-refractivity contribution in [1.29, 1.82) is 0 Å². The fraction of sp³-hybridized carbons (Fsp3) is 0.615. The number of nitrogens with one attached hydrogen (secondary N) is 1. The monoisotopic (exact) mass is 234 g/mol. The average molecular weight is 234 g/mol. The minimum atomic E-state index is 0.584. The van der Waals surface area contributed by atoms with Crippen molar-refractivity contribution in [2.24, 2.45) is 0 Å². The van der Waals surface area contributed by atoms with E-state index in [2.05, 4.69) is 28.6 Å². The second-order valence-electron chi connectivity index (χ2n) is 4.79. The lowest BCUT2D eigenvalue weighted by Crippen LogP contribution is -2.27. The van der Waals surface area contributed by atoms with Crippen molar-refractivity contribution in [1.82, 2.24) is 10.3 Å². The topological polar surface area (TPSA) is 24.9 Å². The summed E-state index contributed by atoms with van der Waals surface area (Å²) < 4.78 is 0. The summed E-state index contributed by atoms with van der Waals surface area (Å²) in [6, 6.07) is 0.584. The van der Waals surface area contributed by atoms with Gasteiger partial charge in [-0.2, -0.15) is 0 Å². The van der Waals surface area contributed by atoms with Crippen LogP contribution in [0, 0.1) is 0 Å². The number of allylic oxidation sites excluding steroid dienone is 1. The van der Waals surface area contributed by atoms with Crippen molar-refractivity contribution in [2.45, 2.75) is 50.6 Å². The van der Waals surface area contributed by atoms with E-state index in [1.54, 1.807) is 0 Å². The largest absolute Gasteiger partial charge is 0.306 e. The highest BCUT2D eigenvalue weighted by Crippen LogP contribution is 2.41. The summed E-state index contributed by atoms with van der Waals surface area (Å²) in [6.45, 7) is 0.986. The lowest BCUT2D eigenvalue weighted by atomic mass is 10.0. The molecule has 0 aromatic carbocycles. The number of thiazole rings is 1. The maximum Gasteiger partial charge on any atom is 0.0959 e. The Morgan fingerprint density at radius 3 is 3.06 bits per heavy atom. The Balaban J connectivity index is 1.52. The molecule has 0 saturated heterocycles. The minimum absolute atomic E-state index is 0.584. The van der Waals surface area contributed by atoms with Gasteiger partial charge in [0.15, 0.2) is 0 Å². The molecule has 1 aromatic rings. The van der Waals surface area contributed by atoms with Gasteiger partial charge in [0.2, 0.25) is 0 Å². The van der Waals surface area contributed by atoms with Crippen LogP contribution >= 0.6 is 11.3 Å². The third kappa shape index (κ3) is 2.53. The molecule has 1 unspecified atom stereocenters. The minimum Gasteiger partial charge on any atom is -0.306 e. The van der Waals surface area contributed by atoms with E-state index in [1.807, 2.05) is 11.3 Å². The van der Waals surface area contributed by atoms with Gasteiger partial charge >= 0.3 is 0 Å². The maximum absolute atomic E-state index is 4.50. The molecule has 3 heteroatoms. The Morgan fingerprint density at radius 2 is 2.31 bits per heavy atom. The Morgan fingerprint density at radius 1 is 1.38 bits per heavy atom. The van der Waals surface area contributed by atoms with Crippen LogP contribution in [-0.4, -0.2) is 11.0 Å². The van der Waals surface area contributed by atoms with E-state index in [9.17, 15) is 0 Å². The quantitative estimate of drug-likeness (QED) is 0.809. The van der Waals surface area contributed by atoms with Gasteiger partial charge in [0.25, 0.3) is 0 Å². The maximum atomic E-state index is 4.50. The first kappa shape index (κ1) is 10.5. The van der Waals surface area contributed by atoms with Crippen LogP contribution in [0.3, 0.4) is 0 Å². The van der Waals surface area contributed by atoms with E-state index in [1.165, 1.54) is 42.0 Å². The normalized spacial score (nSPS) is 24.9. The third-order valence-electron chi connectivity index (χ3n) is 3.29. The van der Waals surface area contributed by atoms with E-state index < -0.39 is 0 Å². The van der Waals surface area contributed by atoms with Crippen molar-refractivity contribution < 1.29 is 0 Å². The van der Waals surface area contributed by atoms with Crippen LogP contribution in [0.4, 0.5) is 0 Å². The first-order chi connectivity index (χ1) is 7.92. The molecule has 2 aliphatic carbocycles. The van der Waals surface area contributed by atoms with Crippen molar-refractivity contribution >= 4 is 11.3 Å². The van der Waals surface area contributed by atoms with Crippen LogP contribution < -0.4 is 5.32 Å². The molecular weight excluding hydrogens is 216 g/mol. The van der Waals surface area contributed by atoms with Crippen LogP contribution in [-0.2, 0) is 6.54 Å². The van der Waals surface area contributed by atoms with Crippen LogP contribution in [0.2, 0.25) is 0 Å². The van der Waals surface area contributed by atoms with Crippen molar-refractivity contribution in [3.8, 4) is 0 Å². The zero-order chi connectivity index (χ0) is 10.8.